The van der Waals surface area contributed by atoms with Crippen molar-refractivity contribution in [2.24, 2.45) is 5.73 Å². The molecular weight excluding hydrogens is 385 g/mol. The largest absolute Gasteiger partial charge is 0.416 e. The van der Waals surface area contributed by atoms with Gasteiger partial charge in [0.15, 0.2) is 0 Å². The normalized spacial score (nSPS) is 21.3. The second-order valence-corrected chi connectivity index (χ2v) is 7.67. The third-order valence-electron chi connectivity index (χ3n) is 5.70. The first-order chi connectivity index (χ1) is 13.7. The first kappa shape index (κ1) is 21.4. The molecule has 9 heteroatoms. The molecule has 1 aromatic rings. The lowest BCUT2D eigenvalue weighted by molar-refractivity contribution is -0.137. The van der Waals surface area contributed by atoms with Gasteiger partial charge in [-0.25, -0.2) is 0 Å². The van der Waals surface area contributed by atoms with Crippen molar-refractivity contribution in [1.29, 1.82) is 0 Å². The van der Waals surface area contributed by atoms with E-state index in [1.165, 1.54) is 12.1 Å². The zero-order valence-corrected chi connectivity index (χ0v) is 16.3. The smallest absolute Gasteiger partial charge is 0.370 e. The van der Waals surface area contributed by atoms with Gasteiger partial charge in [-0.05, 0) is 31.0 Å². The van der Waals surface area contributed by atoms with Crippen molar-refractivity contribution in [3.63, 3.8) is 0 Å². The van der Waals surface area contributed by atoms with Crippen LogP contribution in [0.5, 0.6) is 0 Å². The quantitative estimate of drug-likeness (QED) is 0.804. The number of nitrogens with zero attached hydrogens (tertiary/aromatic N) is 3. The second kappa shape index (κ2) is 9.02. The summed E-state index contributed by atoms with van der Waals surface area (Å²) in [6, 6.07) is 5.69. The minimum Gasteiger partial charge on any atom is -0.370 e. The van der Waals surface area contributed by atoms with Crippen LogP contribution < -0.4 is 10.6 Å². The Kier molecular flexibility index (Phi) is 6.66. The number of carbonyl (C=O) groups is 2. The maximum absolute atomic E-state index is 13.0. The number of alkyl halides is 3. The number of benzene rings is 1. The number of likely N-dealkylation sites (tertiary alicyclic amines) is 1. The van der Waals surface area contributed by atoms with E-state index in [1.54, 1.807) is 11.0 Å². The molecule has 0 bridgehead atoms. The lowest BCUT2D eigenvalue weighted by atomic mass is 10.0. The number of rotatable bonds is 5. The van der Waals surface area contributed by atoms with Gasteiger partial charge in [-0.2, -0.15) is 13.2 Å². The summed E-state index contributed by atoms with van der Waals surface area (Å²) in [5, 5.41) is 0. The van der Waals surface area contributed by atoms with E-state index in [4.69, 9.17) is 5.73 Å². The van der Waals surface area contributed by atoms with E-state index in [9.17, 15) is 22.8 Å². The fraction of sp³-hybridized carbons (Fsp3) is 0.600. The molecule has 2 N–H and O–H groups in total. The van der Waals surface area contributed by atoms with Gasteiger partial charge in [-0.3, -0.25) is 14.5 Å². The van der Waals surface area contributed by atoms with Crippen LogP contribution in [0.1, 0.15) is 31.2 Å². The molecule has 2 heterocycles. The second-order valence-electron chi connectivity index (χ2n) is 7.67. The lowest BCUT2D eigenvalue weighted by Crippen LogP contribution is -2.56. The van der Waals surface area contributed by atoms with Crippen molar-refractivity contribution in [1.82, 2.24) is 9.80 Å². The molecule has 0 radical (unpaired) electrons. The average molecular weight is 412 g/mol. The van der Waals surface area contributed by atoms with Crippen LogP contribution in [0.2, 0.25) is 0 Å². The van der Waals surface area contributed by atoms with Gasteiger partial charge in [0.05, 0.1) is 5.56 Å². The SMILES string of the molecule is NC(=O)CCC(=O)N1CCC[C@H](N2CCN(c3cccc(C(F)(F)F)c3)CC2)C1. The number of primary amides is 1. The van der Waals surface area contributed by atoms with Crippen molar-refractivity contribution in [3.8, 4) is 0 Å². The highest BCUT2D eigenvalue weighted by molar-refractivity contribution is 5.82. The van der Waals surface area contributed by atoms with E-state index in [0.717, 1.165) is 32.0 Å². The molecule has 2 aliphatic rings. The Morgan fingerprint density at radius 3 is 2.45 bits per heavy atom. The molecule has 6 nitrogen and oxygen atoms in total. The molecule has 0 saturated carbocycles. The summed E-state index contributed by atoms with van der Waals surface area (Å²) in [6.45, 7) is 4.09. The standard InChI is InChI=1S/C20H27F3N4O2/c21-20(22,23)15-3-1-4-16(13-15)25-9-11-26(12-10-25)17-5-2-8-27(14-17)19(29)7-6-18(24)28/h1,3-4,13,17H,2,5-12,14H2,(H2,24,28)/t17-/m0/s1. The average Bonchev–Trinajstić information content (AvgIpc) is 2.71. The molecule has 1 atom stereocenters. The highest BCUT2D eigenvalue weighted by Gasteiger charge is 2.32. The van der Waals surface area contributed by atoms with E-state index in [0.29, 0.717) is 31.9 Å². The van der Waals surface area contributed by atoms with E-state index < -0.39 is 17.6 Å². The predicted molar refractivity (Wildman–Crippen MR) is 103 cm³/mol. The van der Waals surface area contributed by atoms with Crippen molar-refractivity contribution in [3.05, 3.63) is 29.8 Å². The van der Waals surface area contributed by atoms with Gasteiger partial charge in [0.2, 0.25) is 11.8 Å². The highest BCUT2D eigenvalue weighted by atomic mass is 19.4. The summed E-state index contributed by atoms with van der Waals surface area (Å²) in [4.78, 5) is 29.3. The summed E-state index contributed by atoms with van der Waals surface area (Å²) < 4.78 is 38.9. The van der Waals surface area contributed by atoms with Crippen LogP contribution in [0.25, 0.3) is 0 Å². The molecule has 0 aromatic heterocycles. The van der Waals surface area contributed by atoms with Gasteiger partial charge < -0.3 is 15.5 Å². The lowest BCUT2D eigenvalue weighted by Gasteiger charge is -2.44. The minimum absolute atomic E-state index is 0.0453. The van der Waals surface area contributed by atoms with Crippen LogP contribution in [-0.2, 0) is 15.8 Å². The monoisotopic (exact) mass is 412 g/mol. The Morgan fingerprint density at radius 2 is 1.79 bits per heavy atom. The number of piperazine rings is 1. The summed E-state index contributed by atoms with van der Waals surface area (Å²) in [6.07, 6.45) is -2.24. The zero-order chi connectivity index (χ0) is 21.0. The van der Waals surface area contributed by atoms with Gasteiger partial charge >= 0.3 is 6.18 Å². The Hall–Kier alpha value is -2.29. The number of amides is 2. The number of hydrogen-bond acceptors (Lipinski definition) is 4. The Morgan fingerprint density at radius 1 is 1.07 bits per heavy atom. The van der Waals surface area contributed by atoms with E-state index in [1.807, 2.05) is 4.90 Å². The highest BCUT2D eigenvalue weighted by Crippen LogP contribution is 2.32. The van der Waals surface area contributed by atoms with Crippen LogP contribution >= 0.6 is 0 Å². The Bertz CT molecular complexity index is 733. The molecule has 2 saturated heterocycles. The van der Waals surface area contributed by atoms with Crippen LogP contribution in [0.4, 0.5) is 18.9 Å². The van der Waals surface area contributed by atoms with Crippen molar-refractivity contribution in [2.75, 3.05) is 44.2 Å². The zero-order valence-electron chi connectivity index (χ0n) is 16.3. The first-order valence-corrected chi connectivity index (χ1v) is 9.96. The maximum atomic E-state index is 13.0. The van der Waals surface area contributed by atoms with Crippen LogP contribution in [0, 0.1) is 0 Å². The molecule has 29 heavy (non-hydrogen) atoms. The topological polar surface area (TPSA) is 69.9 Å². The number of hydrogen-bond donors (Lipinski definition) is 1. The molecule has 2 aliphatic heterocycles. The molecule has 1 aromatic carbocycles. The molecule has 0 spiro atoms. The molecule has 160 valence electrons. The van der Waals surface area contributed by atoms with Gasteiger partial charge in [-0.1, -0.05) is 6.07 Å². The number of anilines is 1. The van der Waals surface area contributed by atoms with Crippen molar-refractivity contribution >= 4 is 17.5 Å². The van der Waals surface area contributed by atoms with Gasteiger partial charge in [0, 0.05) is 63.8 Å². The minimum atomic E-state index is -4.34. The van der Waals surface area contributed by atoms with Crippen molar-refractivity contribution in [2.45, 2.75) is 37.9 Å². The Labute approximate surface area is 168 Å². The number of carbonyl (C=O) groups excluding carboxylic acids is 2. The third kappa shape index (κ3) is 5.62. The fourth-order valence-electron chi connectivity index (χ4n) is 4.09. The molecule has 0 unspecified atom stereocenters. The Balaban J connectivity index is 1.54. The number of nitrogens with two attached hydrogens (primary N) is 1. The third-order valence-corrected chi connectivity index (χ3v) is 5.70. The molecule has 0 aliphatic carbocycles. The molecule has 2 fully saturated rings. The van der Waals surface area contributed by atoms with Crippen LogP contribution in [0.3, 0.4) is 0 Å². The fourth-order valence-corrected chi connectivity index (χ4v) is 4.09. The van der Waals surface area contributed by atoms with Gasteiger partial charge in [0.1, 0.15) is 0 Å². The van der Waals surface area contributed by atoms with Gasteiger partial charge in [0.25, 0.3) is 0 Å². The summed E-state index contributed by atoms with van der Waals surface area (Å²) in [5.74, 6) is -0.520. The van der Waals surface area contributed by atoms with E-state index in [-0.39, 0.29) is 24.8 Å². The van der Waals surface area contributed by atoms with E-state index in [2.05, 4.69) is 4.90 Å². The number of halogens is 3. The summed E-state index contributed by atoms with van der Waals surface area (Å²) >= 11 is 0. The predicted octanol–water partition coefficient (Wildman–Crippen LogP) is 2.08. The van der Waals surface area contributed by atoms with Crippen LogP contribution in [-0.4, -0.2) is 66.9 Å². The van der Waals surface area contributed by atoms with Crippen LogP contribution in [0.15, 0.2) is 24.3 Å². The summed E-state index contributed by atoms with van der Waals surface area (Å²) in [5.41, 5.74) is 5.08. The van der Waals surface area contributed by atoms with Crippen molar-refractivity contribution < 1.29 is 22.8 Å². The molecule has 2 amide bonds. The van der Waals surface area contributed by atoms with E-state index >= 15 is 0 Å². The number of piperidine rings is 1. The van der Waals surface area contributed by atoms with Gasteiger partial charge in [-0.15, -0.1) is 0 Å². The first-order valence-electron chi connectivity index (χ1n) is 9.96. The molecule has 3 rings (SSSR count). The maximum Gasteiger partial charge on any atom is 0.416 e. The summed E-state index contributed by atoms with van der Waals surface area (Å²) in [7, 11) is 0. The molecular formula is C20H27F3N4O2.